The van der Waals surface area contributed by atoms with Crippen molar-refractivity contribution in [3.05, 3.63) is 48.8 Å². The van der Waals surface area contributed by atoms with Crippen molar-refractivity contribution in [2.75, 3.05) is 0 Å². The molecule has 124 valence electrons. The molecule has 0 aliphatic heterocycles. The second kappa shape index (κ2) is 7.90. The maximum Gasteiger partial charge on any atom is 0.220 e. The number of nitrogens with zero attached hydrogens (tertiary/aromatic N) is 3. The van der Waals surface area contributed by atoms with E-state index in [-0.39, 0.29) is 17.4 Å². The Kier molecular flexibility index (Phi) is 5.90. The van der Waals surface area contributed by atoms with Crippen LogP contribution in [-0.2, 0) is 17.8 Å². The molecule has 2 aromatic heterocycles. The van der Waals surface area contributed by atoms with Crippen LogP contribution in [0.25, 0.3) is 0 Å². The number of aromatic nitrogens is 3. The second-order valence-electron chi connectivity index (χ2n) is 6.92. The fraction of sp³-hybridized carbons (Fsp3) is 0.500. The Balaban J connectivity index is 1.82. The van der Waals surface area contributed by atoms with Crippen molar-refractivity contribution in [2.45, 2.75) is 52.6 Å². The van der Waals surface area contributed by atoms with E-state index in [9.17, 15) is 4.79 Å². The molecule has 0 saturated heterocycles. The Morgan fingerprint density at radius 1 is 1.30 bits per heavy atom. The minimum atomic E-state index is -0.0130. The van der Waals surface area contributed by atoms with Crippen LogP contribution in [0.2, 0.25) is 0 Å². The maximum atomic E-state index is 12.3. The van der Waals surface area contributed by atoms with Crippen LogP contribution in [0, 0.1) is 5.41 Å². The van der Waals surface area contributed by atoms with Crippen LogP contribution in [0.4, 0.5) is 0 Å². The maximum absolute atomic E-state index is 12.3. The summed E-state index contributed by atoms with van der Waals surface area (Å²) in [5, 5.41) is 3.17. The SMILES string of the molecule is CC(C)(C)[C@@H](Cn1ccnc1)NC(=O)CCCc1ccccn1. The van der Waals surface area contributed by atoms with Gasteiger partial charge >= 0.3 is 0 Å². The van der Waals surface area contributed by atoms with Gasteiger partial charge in [0.1, 0.15) is 0 Å². The number of nitrogens with one attached hydrogen (secondary N) is 1. The Labute approximate surface area is 138 Å². The number of imidazole rings is 1. The van der Waals surface area contributed by atoms with Crippen LogP contribution >= 0.6 is 0 Å². The van der Waals surface area contributed by atoms with E-state index in [1.807, 2.05) is 29.0 Å². The minimum Gasteiger partial charge on any atom is -0.351 e. The minimum absolute atomic E-state index is 0.0130. The molecule has 5 heteroatoms. The molecule has 0 spiro atoms. The smallest absolute Gasteiger partial charge is 0.220 e. The molecular weight excluding hydrogens is 288 g/mol. The topological polar surface area (TPSA) is 59.8 Å². The first kappa shape index (κ1) is 17.2. The summed E-state index contributed by atoms with van der Waals surface area (Å²) >= 11 is 0. The fourth-order valence-electron chi connectivity index (χ4n) is 2.38. The zero-order chi connectivity index (χ0) is 16.7. The van der Waals surface area contributed by atoms with Gasteiger partial charge in [0.25, 0.3) is 0 Å². The second-order valence-corrected chi connectivity index (χ2v) is 6.92. The van der Waals surface area contributed by atoms with E-state index in [1.54, 1.807) is 18.7 Å². The van der Waals surface area contributed by atoms with Crippen LogP contribution in [0.3, 0.4) is 0 Å². The van der Waals surface area contributed by atoms with Crippen LogP contribution in [-0.4, -0.2) is 26.5 Å². The van der Waals surface area contributed by atoms with E-state index in [0.717, 1.165) is 25.1 Å². The van der Waals surface area contributed by atoms with Crippen molar-refractivity contribution in [1.82, 2.24) is 19.9 Å². The van der Waals surface area contributed by atoms with Crippen molar-refractivity contribution < 1.29 is 4.79 Å². The van der Waals surface area contributed by atoms with Gasteiger partial charge in [-0.2, -0.15) is 0 Å². The molecule has 0 radical (unpaired) electrons. The molecule has 0 saturated carbocycles. The van der Waals surface area contributed by atoms with Crippen molar-refractivity contribution >= 4 is 5.91 Å². The fourth-order valence-corrected chi connectivity index (χ4v) is 2.38. The zero-order valence-electron chi connectivity index (χ0n) is 14.2. The van der Waals surface area contributed by atoms with Gasteiger partial charge in [0.15, 0.2) is 0 Å². The van der Waals surface area contributed by atoms with Crippen LogP contribution in [0.15, 0.2) is 43.1 Å². The highest BCUT2D eigenvalue weighted by molar-refractivity contribution is 5.76. The van der Waals surface area contributed by atoms with Gasteiger partial charge in [-0.1, -0.05) is 26.8 Å². The summed E-state index contributed by atoms with van der Waals surface area (Å²) in [4.78, 5) is 20.6. The lowest BCUT2D eigenvalue weighted by Gasteiger charge is -2.31. The monoisotopic (exact) mass is 314 g/mol. The van der Waals surface area contributed by atoms with E-state index in [1.165, 1.54) is 0 Å². The molecule has 2 heterocycles. The first-order chi connectivity index (χ1) is 10.9. The van der Waals surface area contributed by atoms with Crippen molar-refractivity contribution in [3.63, 3.8) is 0 Å². The normalized spacial score (nSPS) is 12.8. The van der Waals surface area contributed by atoms with Crippen LogP contribution in [0.5, 0.6) is 0 Å². The molecule has 0 aromatic carbocycles. The van der Waals surface area contributed by atoms with Gasteiger partial charge in [-0.3, -0.25) is 9.78 Å². The molecular formula is C18H26N4O. The quantitative estimate of drug-likeness (QED) is 0.855. The standard InChI is InChI=1S/C18H26N4O/c1-18(2,3)16(13-22-12-11-19-14-22)21-17(23)9-6-8-15-7-4-5-10-20-15/h4-5,7,10-12,14,16H,6,8-9,13H2,1-3H3,(H,21,23)/t16-/m1/s1. The number of pyridine rings is 1. The first-order valence-corrected chi connectivity index (χ1v) is 8.10. The van der Waals surface area contributed by atoms with Gasteiger partial charge in [-0.25, -0.2) is 4.98 Å². The summed E-state index contributed by atoms with van der Waals surface area (Å²) in [6.07, 6.45) is 9.41. The van der Waals surface area contributed by atoms with E-state index in [4.69, 9.17) is 0 Å². The number of aryl methyl sites for hydroxylation is 1. The molecule has 23 heavy (non-hydrogen) atoms. The highest BCUT2D eigenvalue weighted by Crippen LogP contribution is 2.21. The highest BCUT2D eigenvalue weighted by atomic mass is 16.1. The largest absolute Gasteiger partial charge is 0.351 e. The van der Waals surface area contributed by atoms with Gasteiger partial charge in [0.05, 0.1) is 12.4 Å². The highest BCUT2D eigenvalue weighted by Gasteiger charge is 2.26. The van der Waals surface area contributed by atoms with E-state index < -0.39 is 0 Å². The van der Waals surface area contributed by atoms with E-state index >= 15 is 0 Å². The van der Waals surface area contributed by atoms with Crippen molar-refractivity contribution in [3.8, 4) is 0 Å². The molecule has 2 rings (SSSR count). The third-order valence-corrected chi connectivity index (χ3v) is 3.90. The lowest BCUT2D eigenvalue weighted by Crippen LogP contribution is -2.46. The summed E-state index contributed by atoms with van der Waals surface area (Å²) in [6, 6.07) is 5.94. The molecule has 1 atom stereocenters. The number of carbonyl (C=O) groups is 1. The number of hydrogen-bond donors (Lipinski definition) is 1. The van der Waals surface area contributed by atoms with Gasteiger partial charge < -0.3 is 9.88 Å². The summed E-state index contributed by atoms with van der Waals surface area (Å²) in [5.74, 6) is 0.0981. The molecule has 0 aliphatic carbocycles. The number of amides is 1. The first-order valence-electron chi connectivity index (χ1n) is 8.10. The average Bonchev–Trinajstić information content (AvgIpc) is 3.00. The number of hydrogen-bond acceptors (Lipinski definition) is 3. The third kappa shape index (κ3) is 5.85. The Morgan fingerprint density at radius 3 is 2.74 bits per heavy atom. The van der Waals surface area contributed by atoms with Gasteiger partial charge in [-0.05, 0) is 30.4 Å². The number of carbonyl (C=O) groups excluding carboxylic acids is 1. The number of rotatable bonds is 7. The summed E-state index contributed by atoms with van der Waals surface area (Å²) in [6.45, 7) is 7.16. The summed E-state index contributed by atoms with van der Waals surface area (Å²) < 4.78 is 2.00. The predicted octanol–water partition coefficient (Wildman–Crippen LogP) is 2.83. The van der Waals surface area contributed by atoms with Gasteiger partial charge in [0, 0.05) is 37.3 Å². The Bertz CT molecular complexity index is 587. The lowest BCUT2D eigenvalue weighted by molar-refractivity contribution is -0.122. The van der Waals surface area contributed by atoms with Crippen molar-refractivity contribution in [1.29, 1.82) is 0 Å². The molecule has 1 N–H and O–H groups in total. The summed E-state index contributed by atoms with van der Waals surface area (Å²) in [7, 11) is 0. The molecule has 0 bridgehead atoms. The van der Waals surface area contributed by atoms with Gasteiger partial charge in [-0.15, -0.1) is 0 Å². The predicted molar refractivity (Wildman–Crippen MR) is 90.8 cm³/mol. The molecule has 2 aromatic rings. The zero-order valence-corrected chi connectivity index (χ0v) is 14.2. The molecule has 0 aliphatic rings. The molecule has 0 unspecified atom stereocenters. The van der Waals surface area contributed by atoms with Crippen LogP contribution < -0.4 is 5.32 Å². The Hall–Kier alpha value is -2.17. The van der Waals surface area contributed by atoms with Crippen LogP contribution in [0.1, 0.15) is 39.3 Å². The van der Waals surface area contributed by atoms with Gasteiger partial charge in [0.2, 0.25) is 5.91 Å². The van der Waals surface area contributed by atoms with E-state index in [2.05, 4.69) is 36.1 Å². The summed E-state index contributed by atoms with van der Waals surface area (Å²) in [5.41, 5.74) is 1.02. The third-order valence-electron chi connectivity index (χ3n) is 3.90. The molecule has 0 fully saturated rings. The Morgan fingerprint density at radius 2 is 2.13 bits per heavy atom. The van der Waals surface area contributed by atoms with E-state index in [0.29, 0.717) is 6.42 Å². The average molecular weight is 314 g/mol. The molecule has 1 amide bonds. The molecule has 5 nitrogen and oxygen atoms in total. The van der Waals surface area contributed by atoms with Crippen molar-refractivity contribution in [2.24, 2.45) is 5.41 Å². The lowest BCUT2D eigenvalue weighted by atomic mass is 9.86.